The molecule has 1 N–H and O–H groups in total. The number of hydrogen-bond donors (Lipinski definition) is 1. The van der Waals surface area contributed by atoms with Gasteiger partial charge < -0.3 is 14.6 Å². The Hall–Kier alpha value is -1.97. The van der Waals surface area contributed by atoms with Crippen molar-refractivity contribution in [1.29, 1.82) is 0 Å². The van der Waals surface area contributed by atoms with Crippen LogP contribution in [0.2, 0.25) is 0 Å². The Kier molecular flexibility index (Phi) is 3.32. The summed E-state index contributed by atoms with van der Waals surface area (Å²) in [6, 6.07) is 5.47. The molecule has 0 bridgehead atoms. The van der Waals surface area contributed by atoms with Gasteiger partial charge >= 0.3 is 5.97 Å². The highest BCUT2D eigenvalue weighted by molar-refractivity contribution is 5.89. The Labute approximate surface area is 99.5 Å². The van der Waals surface area contributed by atoms with Crippen LogP contribution >= 0.6 is 0 Å². The minimum atomic E-state index is -0.949. The average molecular weight is 234 g/mol. The molecule has 2 rings (SSSR count). The second kappa shape index (κ2) is 4.91. The Bertz CT molecular complexity index is 462. The average Bonchev–Trinajstić information content (AvgIpc) is 2.51. The third kappa shape index (κ3) is 2.78. The summed E-state index contributed by atoms with van der Waals surface area (Å²) in [5.74, 6) is 0.446. The number of fused-ring (bicyclic) bond motifs is 1. The molecule has 0 aromatic heterocycles. The molecule has 0 saturated heterocycles. The van der Waals surface area contributed by atoms with Crippen molar-refractivity contribution in [3.63, 3.8) is 0 Å². The first-order chi connectivity index (χ1) is 8.16. The summed E-state index contributed by atoms with van der Waals surface area (Å²) >= 11 is 0. The van der Waals surface area contributed by atoms with Gasteiger partial charge in [0.15, 0.2) is 11.5 Å². The van der Waals surface area contributed by atoms with Crippen LogP contribution in [-0.2, 0) is 4.79 Å². The maximum absolute atomic E-state index is 10.6. The molecule has 1 aromatic carbocycles. The second-order valence-corrected chi connectivity index (χ2v) is 3.88. The zero-order valence-corrected chi connectivity index (χ0v) is 9.60. The number of carboxylic acid groups (broad SMARTS) is 1. The summed E-state index contributed by atoms with van der Waals surface area (Å²) in [5, 5.41) is 8.70. The molecule has 4 nitrogen and oxygen atoms in total. The fourth-order valence-corrected chi connectivity index (χ4v) is 1.68. The number of rotatable bonds is 2. The zero-order chi connectivity index (χ0) is 12.3. The van der Waals surface area contributed by atoms with Crippen molar-refractivity contribution in [2.24, 2.45) is 0 Å². The SMILES string of the molecule is C/C(=C\C(=O)O)c1ccc2c(c1)OCCCO2. The second-order valence-electron chi connectivity index (χ2n) is 3.88. The van der Waals surface area contributed by atoms with Crippen molar-refractivity contribution < 1.29 is 19.4 Å². The van der Waals surface area contributed by atoms with Gasteiger partial charge in [-0.25, -0.2) is 4.79 Å². The van der Waals surface area contributed by atoms with Gasteiger partial charge in [0, 0.05) is 12.5 Å². The van der Waals surface area contributed by atoms with Gasteiger partial charge in [-0.3, -0.25) is 0 Å². The van der Waals surface area contributed by atoms with E-state index in [1.807, 2.05) is 18.2 Å². The summed E-state index contributed by atoms with van der Waals surface area (Å²) in [4.78, 5) is 10.6. The van der Waals surface area contributed by atoms with Crippen molar-refractivity contribution in [3.05, 3.63) is 29.8 Å². The van der Waals surface area contributed by atoms with Crippen molar-refractivity contribution in [2.75, 3.05) is 13.2 Å². The molecule has 0 radical (unpaired) electrons. The normalized spacial score (nSPS) is 15.2. The molecule has 0 aliphatic carbocycles. The van der Waals surface area contributed by atoms with Crippen LogP contribution < -0.4 is 9.47 Å². The minimum absolute atomic E-state index is 0.623. The molecule has 0 amide bonds. The van der Waals surface area contributed by atoms with Gasteiger partial charge in [-0.2, -0.15) is 0 Å². The van der Waals surface area contributed by atoms with E-state index in [2.05, 4.69) is 0 Å². The molecule has 1 aromatic rings. The quantitative estimate of drug-likeness (QED) is 0.798. The van der Waals surface area contributed by atoms with Crippen LogP contribution in [0, 0.1) is 0 Å². The summed E-state index contributed by atoms with van der Waals surface area (Å²) in [7, 11) is 0. The van der Waals surface area contributed by atoms with Crippen molar-refractivity contribution in [1.82, 2.24) is 0 Å². The molecular formula is C13H14O4. The number of benzene rings is 1. The van der Waals surface area contributed by atoms with Gasteiger partial charge in [0.05, 0.1) is 13.2 Å². The summed E-state index contributed by atoms with van der Waals surface area (Å²) in [6.07, 6.45) is 2.03. The van der Waals surface area contributed by atoms with Crippen molar-refractivity contribution >= 4 is 11.5 Å². The topological polar surface area (TPSA) is 55.8 Å². The van der Waals surface area contributed by atoms with Gasteiger partial charge in [0.25, 0.3) is 0 Å². The maximum Gasteiger partial charge on any atom is 0.328 e. The van der Waals surface area contributed by atoms with E-state index in [1.165, 1.54) is 6.08 Å². The number of carbonyl (C=O) groups is 1. The lowest BCUT2D eigenvalue weighted by molar-refractivity contribution is -0.131. The summed E-state index contributed by atoms with van der Waals surface area (Å²) in [6.45, 7) is 3.03. The van der Waals surface area contributed by atoms with Gasteiger partial charge in [-0.05, 0) is 30.2 Å². The fourth-order valence-electron chi connectivity index (χ4n) is 1.68. The van der Waals surface area contributed by atoms with Gasteiger partial charge in [-0.15, -0.1) is 0 Å². The lowest BCUT2D eigenvalue weighted by atomic mass is 10.1. The first kappa shape index (κ1) is 11.5. The van der Waals surface area contributed by atoms with Crippen LogP contribution in [0.15, 0.2) is 24.3 Å². The molecule has 0 saturated carbocycles. The van der Waals surface area contributed by atoms with Crippen LogP contribution in [0.5, 0.6) is 11.5 Å². The van der Waals surface area contributed by atoms with Crippen LogP contribution in [-0.4, -0.2) is 24.3 Å². The number of hydrogen-bond acceptors (Lipinski definition) is 3. The van der Waals surface area contributed by atoms with E-state index in [0.717, 1.165) is 17.7 Å². The number of aliphatic carboxylic acids is 1. The van der Waals surface area contributed by atoms with E-state index in [0.29, 0.717) is 24.5 Å². The van der Waals surface area contributed by atoms with Gasteiger partial charge in [0.2, 0.25) is 0 Å². The predicted molar refractivity (Wildman–Crippen MR) is 63.3 cm³/mol. The van der Waals surface area contributed by atoms with Crippen LogP contribution in [0.3, 0.4) is 0 Å². The van der Waals surface area contributed by atoms with E-state index in [1.54, 1.807) is 6.92 Å². The van der Waals surface area contributed by atoms with Crippen LogP contribution in [0.25, 0.3) is 5.57 Å². The smallest absolute Gasteiger partial charge is 0.328 e. The first-order valence-corrected chi connectivity index (χ1v) is 5.48. The number of allylic oxidation sites excluding steroid dienone is 1. The molecule has 0 fully saturated rings. The third-order valence-corrected chi connectivity index (χ3v) is 2.54. The molecule has 0 spiro atoms. The van der Waals surface area contributed by atoms with E-state index >= 15 is 0 Å². The summed E-state index contributed by atoms with van der Waals surface area (Å²) in [5.41, 5.74) is 1.52. The molecule has 1 aliphatic heterocycles. The molecule has 0 unspecified atom stereocenters. The van der Waals surface area contributed by atoms with E-state index < -0.39 is 5.97 Å². The van der Waals surface area contributed by atoms with Gasteiger partial charge in [0.1, 0.15) is 0 Å². The Morgan fingerprint density at radius 2 is 2.00 bits per heavy atom. The first-order valence-electron chi connectivity index (χ1n) is 5.48. The molecule has 17 heavy (non-hydrogen) atoms. The lowest BCUT2D eigenvalue weighted by Gasteiger charge is -2.09. The number of ether oxygens (including phenoxy) is 2. The van der Waals surface area contributed by atoms with Crippen molar-refractivity contribution in [2.45, 2.75) is 13.3 Å². The number of carboxylic acids is 1. The predicted octanol–water partition coefficient (Wildman–Crippen LogP) is 2.34. The third-order valence-electron chi connectivity index (χ3n) is 2.54. The fraction of sp³-hybridized carbons (Fsp3) is 0.308. The van der Waals surface area contributed by atoms with E-state index in [9.17, 15) is 4.79 Å². The Morgan fingerprint density at radius 1 is 1.29 bits per heavy atom. The summed E-state index contributed by atoms with van der Waals surface area (Å²) < 4.78 is 11.0. The van der Waals surface area contributed by atoms with Gasteiger partial charge in [-0.1, -0.05) is 6.07 Å². The molecular weight excluding hydrogens is 220 g/mol. The van der Waals surface area contributed by atoms with Crippen molar-refractivity contribution in [3.8, 4) is 11.5 Å². The maximum atomic E-state index is 10.6. The van der Waals surface area contributed by atoms with E-state index in [-0.39, 0.29) is 0 Å². The molecule has 4 heteroatoms. The molecule has 0 atom stereocenters. The monoisotopic (exact) mass is 234 g/mol. The van der Waals surface area contributed by atoms with Crippen LogP contribution in [0.4, 0.5) is 0 Å². The Balaban J connectivity index is 2.32. The standard InChI is InChI=1S/C13H14O4/c1-9(7-13(14)15)10-3-4-11-12(8-10)17-6-2-5-16-11/h3-4,7-8H,2,5-6H2,1H3,(H,14,15)/b9-7+. The largest absolute Gasteiger partial charge is 0.490 e. The Morgan fingerprint density at radius 3 is 2.71 bits per heavy atom. The van der Waals surface area contributed by atoms with Crippen LogP contribution in [0.1, 0.15) is 18.9 Å². The molecule has 90 valence electrons. The highest BCUT2D eigenvalue weighted by Gasteiger charge is 2.11. The minimum Gasteiger partial charge on any atom is -0.490 e. The highest BCUT2D eigenvalue weighted by Crippen LogP contribution is 2.32. The molecule has 1 heterocycles. The molecule has 1 aliphatic rings. The van der Waals surface area contributed by atoms with E-state index in [4.69, 9.17) is 14.6 Å². The zero-order valence-electron chi connectivity index (χ0n) is 9.60. The lowest BCUT2D eigenvalue weighted by Crippen LogP contribution is -1.97. The highest BCUT2D eigenvalue weighted by atomic mass is 16.5.